The van der Waals surface area contributed by atoms with Gasteiger partial charge in [-0.25, -0.2) is 0 Å². The van der Waals surface area contributed by atoms with Gasteiger partial charge < -0.3 is 4.90 Å². The molecule has 0 saturated heterocycles. The second-order valence-corrected chi connectivity index (χ2v) is 5.65. The molecule has 16 heavy (non-hydrogen) atoms. The smallest absolute Gasteiger partial charge is 0.0694 e. The van der Waals surface area contributed by atoms with Crippen molar-refractivity contribution in [1.29, 1.82) is 0 Å². The van der Waals surface area contributed by atoms with Crippen molar-refractivity contribution in [2.45, 2.75) is 9.79 Å². The van der Waals surface area contributed by atoms with E-state index in [2.05, 4.69) is 70.3 Å². The maximum Gasteiger partial charge on any atom is 0.0694 e. The maximum atomic E-state index is 3.62. The highest BCUT2D eigenvalue weighted by Crippen LogP contribution is 2.49. The molecule has 0 fully saturated rings. The van der Waals surface area contributed by atoms with Crippen molar-refractivity contribution in [1.82, 2.24) is 0 Å². The average molecular weight is 292 g/mol. The van der Waals surface area contributed by atoms with Crippen molar-refractivity contribution < 1.29 is 0 Å². The second-order valence-electron chi connectivity index (χ2n) is 3.72. The molecule has 0 amide bonds. The molecule has 2 aromatic carbocycles. The zero-order chi connectivity index (χ0) is 11.1. The molecule has 0 spiro atoms. The van der Waals surface area contributed by atoms with Crippen LogP contribution in [0.15, 0.2) is 56.7 Å². The van der Waals surface area contributed by atoms with Gasteiger partial charge in [-0.05, 0) is 40.2 Å². The lowest BCUT2D eigenvalue weighted by Gasteiger charge is -2.30. The predicted molar refractivity (Wildman–Crippen MR) is 72.8 cm³/mol. The molecular formula is C13H10BrNS. The average Bonchev–Trinajstić information content (AvgIpc) is 2.29. The molecule has 0 unspecified atom stereocenters. The first-order valence-corrected chi connectivity index (χ1v) is 6.67. The van der Waals surface area contributed by atoms with Gasteiger partial charge in [-0.3, -0.25) is 0 Å². The van der Waals surface area contributed by atoms with Crippen LogP contribution in [0.5, 0.6) is 0 Å². The zero-order valence-corrected chi connectivity index (χ0v) is 11.2. The van der Waals surface area contributed by atoms with Gasteiger partial charge in [-0.15, -0.1) is 0 Å². The summed E-state index contributed by atoms with van der Waals surface area (Å²) in [5.41, 5.74) is 2.53. The minimum Gasteiger partial charge on any atom is -0.342 e. The highest BCUT2D eigenvalue weighted by atomic mass is 79.9. The zero-order valence-electron chi connectivity index (χ0n) is 8.77. The SMILES string of the molecule is CN1c2ccccc2Sc2cccc(Br)c21. The highest BCUT2D eigenvalue weighted by Gasteiger charge is 2.21. The van der Waals surface area contributed by atoms with E-state index in [0.29, 0.717) is 0 Å². The number of fused-ring (bicyclic) bond motifs is 2. The Kier molecular flexibility index (Phi) is 2.45. The van der Waals surface area contributed by atoms with E-state index in [-0.39, 0.29) is 0 Å². The normalized spacial score (nSPS) is 13.2. The molecule has 1 aliphatic heterocycles. The number of rotatable bonds is 0. The lowest BCUT2D eigenvalue weighted by molar-refractivity contribution is 1.10. The van der Waals surface area contributed by atoms with Gasteiger partial charge in [0.15, 0.2) is 0 Å². The molecule has 0 aromatic heterocycles. The Morgan fingerprint density at radius 2 is 1.75 bits per heavy atom. The molecule has 0 bridgehead atoms. The molecule has 0 radical (unpaired) electrons. The monoisotopic (exact) mass is 291 g/mol. The van der Waals surface area contributed by atoms with Crippen LogP contribution in [0, 0.1) is 0 Å². The third-order valence-corrected chi connectivity index (χ3v) is 4.49. The number of benzene rings is 2. The lowest BCUT2D eigenvalue weighted by atomic mass is 10.2. The van der Waals surface area contributed by atoms with Crippen molar-refractivity contribution in [3.8, 4) is 0 Å². The van der Waals surface area contributed by atoms with E-state index in [9.17, 15) is 0 Å². The van der Waals surface area contributed by atoms with Crippen LogP contribution in [0.3, 0.4) is 0 Å². The molecule has 3 heteroatoms. The summed E-state index contributed by atoms with van der Waals surface area (Å²) < 4.78 is 1.15. The molecular weight excluding hydrogens is 282 g/mol. The third kappa shape index (κ3) is 1.46. The van der Waals surface area contributed by atoms with Crippen molar-refractivity contribution in [3.05, 3.63) is 46.9 Å². The summed E-state index contributed by atoms with van der Waals surface area (Å²) >= 11 is 5.45. The Bertz CT molecular complexity index is 553. The fourth-order valence-electron chi connectivity index (χ4n) is 1.96. The number of anilines is 2. The fraction of sp³-hybridized carbons (Fsp3) is 0.0769. The topological polar surface area (TPSA) is 3.24 Å². The van der Waals surface area contributed by atoms with Gasteiger partial charge in [0.05, 0.1) is 11.4 Å². The van der Waals surface area contributed by atoms with Gasteiger partial charge in [0.1, 0.15) is 0 Å². The summed E-state index contributed by atoms with van der Waals surface area (Å²) in [5, 5.41) is 0. The quantitative estimate of drug-likeness (QED) is 0.693. The Morgan fingerprint density at radius 1 is 1.00 bits per heavy atom. The van der Waals surface area contributed by atoms with E-state index in [1.807, 2.05) is 11.8 Å². The largest absolute Gasteiger partial charge is 0.342 e. The molecule has 1 heterocycles. The number of halogens is 1. The Hall–Kier alpha value is -0.930. The van der Waals surface area contributed by atoms with Crippen LogP contribution in [0.4, 0.5) is 11.4 Å². The van der Waals surface area contributed by atoms with Crippen molar-refractivity contribution >= 4 is 39.1 Å². The second kappa shape index (κ2) is 3.82. The predicted octanol–water partition coefficient (Wildman–Crippen LogP) is 4.68. The molecule has 80 valence electrons. The summed E-state index contributed by atoms with van der Waals surface area (Å²) in [6.07, 6.45) is 0. The fourth-order valence-corrected chi connectivity index (χ4v) is 3.91. The third-order valence-electron chi connectivity index (χ3n) is 2.73. The van der Waals surface area contributed by atoms with Crippen LogP contribution in [0.25, 0.3) is 0 Å². The first kappa shape index (κ1) is 10.2. The summed E-state index contributed by atoms with van der Waals surface area (Å²) in [6, 6.07) is 14.8. The summed E-state index contributed by atoms with van der Waals surface area (Å²) in [5.74, 6) is 0. The van der Waals surface area contributed by atoms with Crippen LogP contribution in [-0.2, 0) is 0 Å². The Balaban J connectivity index is 2.23. The molecule has 2 aromatic rings. The van der Waals surface area contributed by atoms with Gasteiger partial charge in [-0.1, -0.05) is 30.0 Å². The number of para-hydroxylation sites is 2. The molecule has 0 saturated carbocycles. The van der Waals surface area contributed by atoms with Crippen molar-refractivity contribution in [2.75, 3.05) is 11.9 Å². The van der Waals surface area contributed by atoms with E-state index in [1.165, 1.54) is 21.2 Å². The maximum absolute atomic E-state index is 3.62. The molecule has 1 nitrogen and oxygen atoms in total. The van der Waals surface area contributed by atoms with Crippen molar-refractivity contribution in [2.24, 2.45) is 0 Å². The van der Waals surface area contributed by atoms with E-state index < -0.39 is 0 Å². The number of hydrogen-bond donors (Lipinski definition) is 0. The molecule has 0 N–H and O–H groups in total. The lowest BCUT2D eigenvalue weighted by Crippen LogP contribution is -2.14. The number of nitrogens with zero attached hydrogens (tertiary/aromatic N) is 1. The van der Waals surface area contributed by atoms with Gasteiger partial charge in [0.2, 0.25) is 0 Å². The summed E-state index contributed by atoms with van der Waals surface area (Å²) in [4.78, 5) is 4.86. The number of hydrogen-bond acceptors (Lipinski definition) is 2. The highest BCUT2D eigenvalue weighted by molar-refractivity contribution is 9.10. The summed E-state index contributed by atoms with van der Waals surface area (Å²) in [6.45, 7) is 0. The minimum absolute atomic E-state index is 1.15. The van der Waals surface area contributed by atoms with E-state index in [0.717, 1.165) is 4.47 Å². The summed E-state index contributed by atoms with van der Waals surface area (Å²) in [7, 11) is 2.11. The Labute approximate surface area is 108 Å². The van der Waals surface area contributed by atoms with Crippen LogP contribution < -0.4 is 4.90 Å². The van der Waals surface area contributed by atoms with Gasteiger partial charge in [0.25, 0.3) is 0 Å². The van der Waals surface area contributed by atoms with E-state index in [4.69, 9.17) is 0 Å². The van der Waals surface area contributed by atoms with Crippen LogP contribution in [-0.4, -0.2) is 7.05 Å². The first-order chi connectivity index (χ1) is 7.77. The van der Waals surface area contributed by atoms with Crippen LogP contribution in [0.1, 0.15) is 0 Å². The molecule has 0 aliphatic carbocycles. The van der Waals surface area contributed by atoms with Crippen LogP contribution in [0.2, 0.25) is 0 Å². The standard InChI is InChI=1S/C13H10BrNS/c1-15-10-6-2-3-7-11(10)16-12-8-4-5-9(14)13(12)15/h2-8H,1H3. The molecule has 1 aliphatic rings. The van der Waals surface area contributed by atoms with E-state index >= 15 is 0 Å². The van der Waals surface area contributed by atoms with E-state index in [1.54, 1.807) is 0 Å². The first-order valence-electron chi connectivity index (χ1n) is 5.06. The van der Waals surface area contributed by atoms with Crippen LogP contribution >= 0.6 is 27.7 Å². The minimum atomic E-state index is 1.15. The Morgan fingerprint density at radius 3 is 2.62 bits per heavy atom. The van der Waals surface area contributed by atoms with Gasteiger partial charge >= 0.3 is 0 Å². The van der Waals surface area contributed by atoms with Gasteiger partial charge in [0, 0.05) is 21.3 Å². The molecule has 0 atom stereocenters. The van der Waals surface area contributed by atoms with Gasteiger partial charge in [-0.2, -0.15) is 0 Å². The van der Waals surface area contributed by atoms with Crippen molar-refractivity contribution in [3.63, 3.8) is 0 Å². The molecule has 3 rings (SSSR count).